The Morgan fingerprint density at radius 2 is 2.39 bits per heavy atom. The lowest BCUT2D eigenvalue weighted by Gasteiger charge is -2.30. The molecule has 2 N–H and O–H groups in total. The Bertz CT molecular complexity index is 430. The van der Waals surface area contributed by atoms with Crippen LogP contribution in [0.5, 0.6) is 0 Å². The van der Waals surface area contributed by atoms with Crippen LogP contribution < -0.4 is 5.73 Å². The molecule has 18 heavy (non-hydrogen) atoms. The second-order valence-electron chi connectivity index (χ2n) is 6.19. The molecule has 3 unspecified atom stereocenters. The Morgan fingerprint density at radius 1 is 1.56 bits per heavy atom. The van der Waals surface area contributed by atoms with Crippen LogP contribution in [0.1, 0.15) is 38.9 Å². The van der Waals surface area contributed by atoms with Gasteiger partial charge in [-0.15, -0.1) is 0 Å². The molecule has 0 aromatic carbocycles. The molecule has 0 amide bonds. The van der Waals surface area contributed by atoms with Gasteiger partial charge in [0.2, 0.25) is 0 Å². The van der Waals surface area contributed by atoms with Gasteiger partial charge in [-0.2, -0.15) is 5.10 Å². The fourth-order valence-corrected chi connectivity index (χ4v) is 3.24. The van der Waals surface area contributed by atoms with E-state index in [1.54, 1.807) is 6.33 Å². The number of hydrogen-bond acceptors (Lipinski definition) is 4. The van der Waals surface area contributed by atoms with E-state index in [0.717, 1.165) is 31.6 Å². The summed E-state index contributed by atoms with van der Waals surface area (Å²) in [6.07, 6.45) is 6.23. The normalized spacial score (nSPS) is 34.7. The second kappa shape index (κ2) is 4.31. The van der Waals surface area contributed by atoms with Crippen molar-refractivity contribution in [2.75, 3.05) is 0 Å². The molecule has 5 heteroatoms. The van der Waals surface area contributed by atoms with Gasteiger partial charge in [0.25, 0.3) is 0 Å². The molecule has 2 saturated heterocycles. The van der Waals surface area contributed by atoms with Gasteiger partial charge in [-0.05, 0) is 25.2 Å². The lowest BCUT2D eigenvalue weighted by Crippen LogP contribution is -2.51. The second-order valence-corrected chi connectivity index (χ2v) is 6.19. The van der Waals surface area contributed by atoms with E-state index in [0.29, 0.717) is 12.0 Å². The molecule has 1 aromatic rings. The Labute approximate surface area is 108 Å². The number of nitrogens with two attached hydrogens (primary N) is 1. The Hall–Kier alpha value is -0.940. The van der Waals surface area contributed by atoms with Crippen molar-refractivity contribution in [3.05, 3.63) is 12.2 Å². The lowest BCUT2D eigenvalue weighted by atomic mass is 9.80. The summed E-state index contributed by atoms with van der Waals surface area (Å²) in [6.45, 7) is 5.27. The molecule has 0 aliphatic carbocycles. The average molecular weight is 250 g/mol. The maximum atomic E-state index is 6.53. The van der Waals surface area contributed by atoms with E-state index in [1.165, 1.54) is 6.42 Å². The zero-order valence-electron chi connectivity index (χ0n) is 11.2. The molecule has 3 heterocycles. The summed E-state index contributed by atoms with van der Waals surface area (Å²) in [5, 5.41) is 4.30. The van der Waals surface area contributed by atoms with Crippen molar-refractivity contribution in [2.24, 2.45) is 11.7 Å². The summed E-state index contributed by atoms with van der Waals surface area (Å²) < 4.78 is 7.87. The molecule has 0 spiro atoms. The van der Waals surface area contributed by atoms with Crippen LogP contribution >= 0.6 is 0 Å². The highest BCUT2D eigenvalue weighted by atomic mass is 16.5. The molecule has 2 aliphatic rings. The minimum absolute atomic E-state index is 0.215. The van der Waals surface area contributed by atoms with E-state index in [1.807, 2.05) is 4.68 Å². The summed E-state index contributed by atoms with van der Waals surface area (Å²) in [7, 11) is 0. The zero-order valence-corrected chi connectivity index (χ0v) is 11.2. The third kappa shape index (κ3) is 2.06. The fraction of sp³-hybridized carbons (Fsp3) is 0.846. The Balaban J connectivity index is 1.75. The highest BCUT2D eigenvalue weighted by Gasteiger charge is 2.50. The average Bonchev–Trinajstić information content (AvgIpc) is 2.94. The predicted octanol–water partition coefficient (Wildman–Crippen LogP) is 1.13. The minimum atomic E-state index is -0.231. The topological polar surface area (TPSA) is 66.0 Å². The smallest absolute Gasteiger partial charge is 0.138 e. The van der Waals surface area contributed by atoms with Crippen molar-refractivity contribution in [2.45, 2.75) is 63.8 Å². The van der Waals surface area contributed by atoms with Crippen LogP contribution in [0.25, 0.3) is 0 Å². The van der Waals surface area contributed by atoms with Gasteiger partial charge in [-0.25, -0.2) is 9.67 Å². The fourth-order valence-electron chi connectivity index (χ4n) is 3.24. The standard InChI is InChI=1S/C13H22N4O/c1-9(2)7-17-12(15-8-16-17)6-13(14)5-10-3-4-11(13)18-10/h8-11H,3-7,14H2,1-2H3. The number of aromatic nitrogens is 3. The quantitative estimate of drug-likeness (QED) is 0.869. The highest BCUT2D eigenvalue weighted by Crippen LogP contribution is 2.41. The SMILES string of the molecule is CC(C)Cn1ncnc1CC1(N)CC2CCC1O2. The highest BCUT2D eigenvalue weighted by molar-refractivity contribution is 5.09. The van der Waals surface area contributed by atoms with Gasteiger partial charge in [0, 0.05) is 13.0 Å². The molecule has 0 saturated carbocycles. The molecule has 2 fully saturated rings. The monoisotopic (exact) mass is 250 g/mol. The van der Waals surface area contributed by atoms with E-state index in [4.69, 9.17) is 10.5 Å². The molecule has 2 bridgehead atoms. The first-order valence-electron chi connectivity index (χ1n) is 6.88. The first-order valence-corrected chi connectivity index (χ1v) is 6.88. The van der Waals surface area contributed by atoms with Crippen molar-refractivity contribution in [3.8, 4) is 0 Å². The number of rotatable bonds is 4. The van der Waals surface area contributed by atoms with E-state index in [2.05, 4.69) is 23.9 Å². The largest absolute Gasteiger partial charge is 0.373 e. The third-order valence-electron chi connectivity index (χ3n) is 4.08. The molecule has 1 aromatic heterocycles. The van der Waals surface area contributed by atoms with Crippen molar-refractivity contribution < 1.29 is 4.74 Å². The molecule has 3 rings (SSSR count). The molecule has 100 valence electrons. The van der Waals surface area contributed by atoms with Gasteiger partial charge in [0.05, 0.1) is 17.7 Å². The number of fused-ring (bicyclic) bond motifs is 2. The summed E-state index contributed by atoms with van der Waals surface area (Å²) in [4.78, 5) is 4.38. The summed E-state index contributed by atoms with van der Waals surface area (Å²) >= 11 is 0. The number of nitrogens with zero attached hydrogens (tertiary/aromatic N) is 3. The van der Waals surface area contributed by atoms with Crippen LogP contribution in [0.15, 0.2) is 6.33 Å². The summed E-state index contributed by atoms with van der Waals surface area (Å²) in [5.74, 6) is 1.57. The molecular weight excluding hydrogens is 228 g/mol. The molecule has 0 radical (unpaired) electrons. The van der Waals surface area contributed by atoms with Gasteiger partial charge in [-0.3, -0.25) is 0 Å². The van der Waals surface area contributed by atoms with E-state index in [-0.39, 0.29) is 11.6 Å². The van der Waals surface area contributed by atoms with Crippen LogP contribution in [0.4, 0.5) is 0 Å². The van der Waals surface area contributed by atoms with E-state index >= 15 is 0 Å². The minimum Gasteiger partial charge on any atom is -0.373 e. The van der Waals surface area contributed by atoms with Gasteiger partial charge in [-0.1, -0.05) is 13.8 Å². The molecular formula is C13H22N4O. The molecule has 3 atom stereocenters. The van der Waals surface area contributed by atoms with Crippen molar-refractivity contribution >= 4 is 0 Å². The Morgan fingerprint density at radius 3 is 3.00 bits per heavy atom. The predicted molar refractivity (Wildman–Crippen MR) is 68.0 cm³/mol. The van der Waals surface area contributed by atoms with Crippen LogP contribution in [-0.4, -0.2) is 32.5 Å². The van der Waals surface area contributed by atoms with Crippen molar-refractivity contribution in [1.29, 1.82) is 0 Å². The van der Waals surface area contributed by atoms with Crippen LogP contribution in [0, 0.1) is 5.92 Å². The van der Waals surface area contributed by atoms with Crippen LogP contribution in [0.3, 0.4) is 0 Å². The van der Waals surface area contributed by atoms with E-state index < -0.39 is 0 Å². The third-order valence-corrected chi connectivity index (χ3v) is 4.08. The zero-order chi connectivity index (χ0) is 12.8. The van der Waals surface area contributed by atoms with Crippen molar-refractivity contribution in [3.63, 3.8) is 0 Å². The van der Waals surface area contributed by atoms with E-state index in [9.17, 15) is 0 Å². The first-order chi connectivity index (χ1) is 8.57. The summed E-state index contributed by atoms with van der Waals surface area (Å²) in [5.41, 5.74) is 6.30. The van der Waals surface area contributed by atoms with Crippen molar-refractivity contribution in [1.82, 2.24) is 14.8 Å². The lowest BCUT2D eigenvalue weighted by molar-refractivity contribution is 0.0850. The van der Waals surface area contributed by atoms with Gasteiger partial charge in [0.1, 0.15) is 12.2 Å². The number of hydrogen-bond donors (Lipinski definition) is 1. The molecule has 5 nitrogen and oxygen atoms in total. The van der Waals surface area contributed by atoms with Gasteiger partial charge in [0.15, 0.2) is 0 Å². The summed E-state index contributed by atoms with van der Waals surface area (Å²) in [6, 6.07) is 0. The van der Waals surface area contributed by atoms with Crippen LogP contribution in [-0.2, 0) is 17.7 Å². The van der Waals surface area contributed by atoms with Gasteiger partial charge < -0.3 is 10.5 Å². The Kier molecular flexibility index (Phi) is 2.90. The maximum absolute atomic E-state index is 6.53. The molecule has 2 aliphatic heterocycles. The first kappa shape index (κ1) is 12.1. The van der Waals surface area contributed by atoms with Gasteiger partial charge >= 0.3 is 0 Å². The maximum Gasteiger partial charge on any atom is 0.138 e. The number of ether oxygens (including phenoxy) is 1. The van der Waals surface area contributed by atoms with Crippen LogP contribution in [0.2, 0.25) is 0 Å².